The summed E-state index contributed by atoms with van der Waals surface area (Å²) in [6, 6.07) is 13.0. The predicted molar refractivity (Wildman–Crippen MR) is 134 cm³/mol. The molecule has 192 valence electrons. The Morgan fingerprint density at radius 1 is 0.694 bits per heavy atom. The summed E-state index contributed by atoms with van der Waals surface area (Å²) in [5.74, 6) is -4.26. The van der Waals surface area contributed by atoms with Crippen LogP contribution in [0.15, 0.2) is 48.5 Å². The van der Waals surface area contributed by atoms with Gasteiger partial charge in [-0.15, -0.1) is 0 Å². The van der Waals surface area contributed by atoms with Gasteiger partial charge in [0.2, 0.25) is 0 Å². The lowest BCUT2D eigenvalue weighted by molar-refractivity contribution is 0.308. The second-order valence-corrected chi connectivity index (χ2v) is 10.1. The van der Waals surface area contributed by atoms with Crippen molar-refractivity contribution in [2.75, 3.05) is 0 Å². The molecular weight excluding hydrogens is 467 g/mol. The highest BCUT2D eigenvalue weighted by molar-refractivity contribution is 5.65. The summed E-state index contributed by atoms with van der Waals surface area (Å²) in [6.45, 7) is 2.24. The molecular formula is C31H33F5. The Morgan fingerprint density at radius 3 is 1.97 bits per heavy atom. The predicted octanol–water partition coefficient (Wildman–Crippen LogP) is 9.69. The SMILES string of the molecule is CCCC1CCC(c2ccc(-c3ccc(CCCCc4cc(F)c(F)c(F)c4)c(F)c3F)cc2)CC1. The molecule has 1 aliphatic rings. The third-order valence-corrected chi connectivity index (χ3v) is 7.60. The highest BCUT2D eigenvalue weighted by Crippen LogP contribution is 2.38. The fraction of sp³-hybridized carbons (Fsp3) is 0.419. The summed E-state index contributed by atoms with van der Waals surface area (Å²) in [6.07, 6.45) is 9.08. The summed E-state index contributed by atoms with van der Waals surface area (Å²) in [5.41, 5.74) is 2.78. The highest BCUT2D eigenvalue weighted by Gasteiger charge is 2.22. The lowest BCUT2D eigenvalue weighted by Crippen LogP contribution is -2.13. The van der Waals surface area contributed by atoms with Gasteiger partial charge in [-0.05, 0) is 97.6 Å². The monoisotopic (exact) mass is 500 g/mol. The zero-order valence-electron chi connectivity index (χ0n) is 20.7. The zero-order chi connectivity index (χ0) is 25.7. The molecule has 0 spiro atoms. The van der Waals surface area contributed by atoms with Crippen molar-refractivity contribution in [3.05, 3.63) is 94.3 Å². The van der Waals surface area contributed by atoms with Crippen molar-refractivity contribution < 1.29 is 22.0 Å². The fourth-order valence-electron chi connectivity index (χ4n) is 5.53. The minimum absolute atomic E-state index is 0.242. The maximum atomic E-state index is 14.9. The van der Waals surface area contributed by atoms with E-state index in [1.165, 1.54) is 44.1 Å². The number of benzene rings is 3. The summed E-state index contributed by atoms with van der Waals surface area (Å²) in [4.78, 5) is 0. The molecule has 1 aliphatic carbocycles. The second kappa shape index (κ2) is 12.0. The van der Waals surface area contributed by atoms with Crippen molar-refractivity contribution in [1.82, 2.24) is 0 Å². The van der Waals surface area contributed by atoms with E-state index >= 15 is 0 Å². The largest absolute Gasteiger partial charge is 0.204 e. The lowest BCUT2D eigenvalue weighted by atomic mass is 9.77. The molecule has 0 aliphatic heterocycles. The van der Waals surface area contributed by atoms with Gasteiger partial charge in [0.15, 0.2) is 29.1 Å². The van der Waals surface area contributed by atoms with Gasteiger partial charge in [-0.2, -0.15) is 0 Å². The summed E-state index contributed by atoms with van der Waals surface area (Å²) < 4.78 is 69.5. The van der Waals surface area contributed by atoms with Gasteiger partial charge in [-0.3, -0.25) is 0 Å². The average Bonchev–Trinajstić information content (AvgIpc) is 2.88. The van der Waals surface area contributed by atoms with Gasteiger partial charge in [-0.25, -0.2) is 22.0 Å². The Kier molecular flexibility index (Phi) is 8.81. The van der Waals surface area contributed by atoms with E-state index in [2.05, 4.69) is 6.92 Å². The van der Waals surface area contributed by atoms with Crippen molar-refractivity contribution in [3.8, 4) is 11.1 Å². The van der Waals surface area contributed by atoms with Crippen LogP contribution in [0.5, 0.6) is 0 Å². The Labute approximate surface area is 210 Å². The highest BCUT2D eigenvalue weighted by atomic mass is 19.2. The van der Waals surface area contributed by atoms with Crippen LogP contribution in [0.2, 0.25) is 0 Å². The molecule has 0 unspecified atom stereocenters. The van der Waals surface area contributed by atoms with Gasteiger partial charge in [0, 0.05) is 5.56 Å². The first-order valence-electron chi connectivity index (χ1n) is 13.1. The van der Waals surface area contributed by atoms with Crippen molar-refractivity contribution in [2.24, 2.45) is 5.92 Å². The molecule has 0 radical (unpaired) electrons. The standard InChI is InChI=1S/C31H33F5/c1-2-5-20-8-10-22(11-9-20)23-12-14-24(15-13-23)26-17-16-25(29(34)30(26)35)7-4-3-6-21-18-27(32)31(36)28(33)19-21/h12-20,22H,2-11H2,1H3. The topological polar surface area (TPSA) is 0 Å². The van der Waals surface area contributed by atoms with Crippen LogP contribution >= 0.6 is 0 Å². The molecule has 3 aromatic rings. The maximum Gasteiger partial charge on any atom is 0.194 e. The Hall–Kier alpha value is -2.69. The number of hydrogen-bond donors (Lipinski definition) is 0. The molecule has 1 fully saturated rings. The van der Waals surface area contributed by atoms with Crippen molar-refractivity contribution in [2.45, 2.75) is 77.0 Å². The lowest BCUT2D eigenvalue weighted by Gasteiger charge is -2.28. The van der Waals surface area contributed by atoms with E-state index in [1.807, 2.05) is 24.3 Å². The Bertz CT molecular complexity index is 1140. The van der Waals surface area contributed by atoms with Crippen LogP contribution in [0, 0.1) is 35.0 Å². The van der Waals surface area contributed by atoms with E-state index in [0.717, 1.165) is 18.1 Å². The summed E-state index contributed by atoms with van der Waals surface area (Å²) in [7, 11) is 0. The number of hydrogen-bond acceptors (Lipinski definition) is 0. The molecule has 0 amide bonds. The Balaban J connectivity index is 1.34. The zero-order valence-corrected chi connectivity index (χ0v) is 20.7. The molecule has 1 saturated carbocycles. The molecule has 0 saturated heterocycles. The average molecular weight is 501 g/mol. The van der Waals surface area contributed by atoms with Crippen LogP contribution in [-0.4, -0.2) is 0 Å². The fourth-order valence-corrected chi connectivity index (χ4v) is 5.53. The maximum absolute atomic E-state index is 14.9. The quantitative estimate of drug-likeness (QED) is 0.156. The van der Waals surface area contributed by atoms with Crippen molar-refractivity contribution in [1.29, 1.82) is 0 Å². The first-order chi connectivity index (χ1) is 17.4. The van der Waals surface area contributed by atoms with Crippen LogP contribution in [0.25, 0.3) is 11.1 Å². The molecule has 0 N–H and O–H groups in total. The van der Waals surface area contributed by atoms with Crippen molar-refractivity contribution in [3.63, 3.8) is 0 Å². The van der Waals surface area contributed by atoms with Crippen LogP contribution in [0.3, 0.4) is 0 Å². The molecule has 4 rings (SSSR count). The van der Waals surface area contributed by atoms with Gasteiger partial charge in [0.25, 0.3) is 0 Å². The minimum Gasteiger partial charge on any atom is -0.204 e. The van der Waals surface area contributed by atoms with E-state index in [-0.39, 0.29) is 11.1 Å². The molecule has 3 aromatic carbocycles. The van der Waals surface area contributed by atoms with E-state index in [9.17, 15) is 22.0 Å². The normalized spacial score (nSPS) is 17.9. The molecule has 5 heteroatoms. The smallest absolute Gasteiger partial charge is 0.194 e. The molecule has 0 atom stereocenters. The molecule has 0 aromatic heterocycles. The van der Waals surface area contributed by atoms with Crippen LogP contribution in [0.4, 0.5) is 22.0 Å². The van der Waals surface area contributed by atoms with Gasteiger partial charge in [0.05, 0.1) is 0 Å². The van der Waals surface area contributed by atoms with E-state index in [0.29, 0.717) is 42.7 Å². The number of halogens is 5. The summed E-state index contributed by atoms with van der Waals surface area (Å²) >= 11 is 0. The van der Waals surface area contributed by atoms with Gasteiger partial charge in [0.1, 0.15) is 0 Å². The van der Waals surface area contributed by atoms with Crippen LogP contribution in [0.1, 0.15) is 80.9 Å². The molecule has 0 nitrogen and oxygen atoms in total. The Morgan fingerprint density at radius 2 is 1.33 bits per heavy atom. The van der Waals surface area contributed by atoms with E-state index in [4.69, 9.17) is 0 Å². The second-order valence-electron chi connectivity index (χ2n) is 10.1. The molecule has 0 heterocycles. The third-order valence-electron chi connectivity index (χ3n) is 7.60. The van der Waals surface area contributed by atoms with Gasteiger partial charge >= 0.3 is 0 Å². The summed E-state index contributed by atoms with van der Waals surface area (Å²) in [5, 5.41) is 0. The van der Waals surface area contributed by atoms with Gasteiger partial charge in [-0.1, -0.05) is 56.2 Å². The minimum atomic E-state index is -1.49. The van der Waals surface area contributed by atoms with Crippen molar-refractivity contribution >= 4 is 0 Å². The van der Waals surface area contributed by atoms with Gasteiger partial charge < -0.3 is 0 Å². The van der Waals surface area contributed by atoms with E-state index in [1.54, 1.807) is 12.1 Å². The molecule has 0 bridgehead atoms. The number of unbranched alkanes of at least 4 members (excludes halogenated alkanes) is 1. The number of rotatable bonds is 9. The van der Waals surface area contributed by atoms with Crippen LogP contribution < -0.4 is 0 Å². The number of aryl methyl sites for hydroxylation is 2. The first-order valence-corrected chi connectivity index (χ1v) is 13.1. The van der Waals surface area contributed by atoms with E-state index < -0.39 is 29.1 Å². The first kappa shape index (κ1) is 26.4. The molecule has 36 heavy (non-hydrogen) atoms. The van der Waals surface area contributed by atoms with Crippen LogP contribution in [-0.2, 0) is 12.8 Å². The third kappa shape index (κ3) is 6.16.